The zero-order chi connectivity index (χ0) is 19.9. The smallest absolute Gasteiger partial charge is 0.155 e. The van der Waals surface area contributed by atoms with Crippen LogP contribution in [0.3, 0.4) is 0 Å². The van der Waals surface area contributed by atoms with E-state index in [1.807, 2.05) is 0 Å². The van der Waals surface area contributed by atoms with E-state index in [4.69, 9.17) is 4.98 Å². The van der Waals surface area contributed by atoms with Gasteiger partial charge in [-0.15, -0.1) is 0 Å². The second-order valence-electron chi connectivity index (χ2n) is 9.85. The molecule has 3 aliphatic rings. The summed E-state index contributed by atoms with van der Waals surface area (Å²) in [6.07, 6.45) is 8.67. The fraction of sp³-hybridized carbons (Fsp3) is 0.357. The van der Waals surface area contributed by atoms with E-state index in [-0.39, 0.29) is 10.8 Å². The van der Waals surface area contributed by atoms with Crippen molar-refractivity contribution in [2.45, 2.75) is 62.2 Å². The van der Waals surface area contributed by atoms with Gasteiger partial charge in [-0.25, -0.2) is 0 Å². The molecule has 4 aromatic rings. The molecule has 0 amide bonds. The van der Waals surface area contributed by atoms with Gasteiger partial charge in [-0.3, -0.25) is 9.78 Å². The molecule has 2 nitrogen and oxygen atoms in total. The number of hydrogen-bond donors (Lipinski definition) is 0. The van der Waals surface area contributed by atoms with Crippen LogP contribution in [-0.4, -0.2) is 10.8 Å². The summed E-state index contributed by atoms with van der Waals surface area (Å²) in [5.41, 5.74) is 2.93. The van der Waals surface area contributed by atoms with Crippen molar-refractivity contribution in [3.63, 3.8) is 0 Å². The Morgan fingerprint density at radius 2 is 1.30 bits per heavy atom. The average molecular weight is 392 g/mol. The first-order chi connectivity index (χ1) is 14.7. The van der Waals surface area contributed by atoms with Crippen LogP contribution in [0.15, 0.2) is 54.6 Å². The molecule has 0 aliphatic heterocycles. The minimum absolute atomic E-state index is 0.251. The number of carbonyl (C=O) groups is 1. The molecule has 0 N–H and O–H groups in total. The van der Waals surface area contributed by atoms with Gasteiger partial charge in [0.25, 0.3) is 0 Å². The Bertz CT molecular complexity index is 1370. The molecule has 0 atom stereocenters. The Balaban J connectivity index is 1.59. The van der Waals surface area contributed by atoms with E-state index >= 15 is 0 Å². The third-order valence-corrected chi connectivity index (χ3v) is 8.42. The quantitative estimate of drug-likeness (QED) is 0.245. The van der Waals surface area contributed by atoms with Crippen LogP contribution in [-0.2, 0) is 15.6 Å². The first kappa shape index (κ1) is 17.0. The van der Waals surface area contributed by atoms with Crippen LogP contribution in [0.5, 0.6) is 0 Å². The molecule has 7 rings (SSSR count). The maximum atomic E-state index is 14.0. The molecule has 2 fully saturated rings. The Labute approximate surface area is 176 Å². The molecule has 2 spiro atoms. The zero-order valence-corrected chi connectivity index (χ0v) is 17.2. The van der Waals surface area contributed by atoms with Gasteiger partial charge in [-0.1, -0.05) is 62.1 Å². The number of fused-ring (bicyclic) bond motifs is 7. The normalized spacial score (nSPS) is 21.5. The van der Waals surface area contributed by atoms with E-state index < -0.39 is 0 Å². The molecule has 148 valence electrons. The Kier molecular flexibility index (Phi) is 3.22. The highest BCUT2D eigenvalue weighted by Gasteiger charge is 2.62. The van der Waals surface area contributed by atoms with Crippen molar-refractivity contribution in [1.29, 1.82) is 0 Å². The predicted molar refractivity (Wildman–Crippen MR) is 122 cm³/mol. The number of carbonyl (C=O) groups excluding carboxylic acids is 1. The van der Waals surface area contributed by atoms with E-state index in [1.54, 1.807) is 0 Å². The van der Waals surface area contributed by atoms with E-state index in [0.29, 0.717) is 5.78 Å². The molecule has 3 aromatic carbocycles. The third-order valence-electron chi connectivity index (χ3n) is 8.42. The maximum absolute atomic E-state index is 14.0. The summed E-state index contributed by atoms with van der Waals surface area (Å²) in [7, 11) is 0. The number of ketones is 1. The fourth-order valence-electron chi connectivity index (χ4n) is 6.99. The molecule has 1 heterocycles. The van der Waals surface area contributed by atoms with Gasteiger partial charge in [0.05, 0.1) is 22.0 Å². The average Bonchev–Trinajstić information content (AvgIpc) is 3.50. The number of aromatic nitrogens is 1. The Morgan fingerprint density at radius 3 is 2.03 bits per heavy atom. The van der Waals surface area contributed by atoms with Crippen molar-refractivity contribution in [1.82, 2.24) is 4.98 Å². The van der Waals surface area contributed by atoms with Crippen molar-refractivity contribution in [2.24, 2.45) is 0 Å². The summed E-state index contributed by atoms with van der Waals surface area (Å²) in [4.78, 5) is 19.4. The fourth-order valence-corrected chi connectivity index (χ4v) is 6.99. The highest BCUT2D eigenvalue weighted by Crippen LogP contribution is 2.59. The number of Topliss-reactive ketones (excluding diaryl/α,β-unsaturated/α-hetero) is 1. The lowest BCUT2D eigenvalue weighted by Crippen LogP contribution is -2.38. The lowest BCUT2D eigenvalue weighted by atomic mass is 9.73. The number of benzene rings is 3. The maximum Gasteiger partial charge on any atom is 0.155 e. The van der Waals surface area contributed by atoms with Crippen molar-refractivity contribution >= 4 is 38.2 Å². The second-order valence-corrected chi connectivity index (χ2v) is 9.85. The van der Waals surface area contributed by atoms with Gasteiger partial charge >= 0.3 is 0 Å². The van der Waals surface area contributed by atoms with Crippen LogP contribution < -0.4 is 0 Å². The van der Waals surface area contributed by atoms with Crippen LogP contribution in [0.1, 0.15) is 62.6 Å². The molecule has 0 unspecified atom stereocenters. The number of pyridine rings is 1. The zero-order valence-electron chi connectivity index (χ0n) is 17.2. The Morgan fingerprint density at radius 1 is 0.667 bits per heavy atom. The number of hydrogen-bond acceptors (Lipinski definition) is 2. The summed E-state index contributed by atoms with van der Waals surface area (Å²) in [5, 5.41) is 6.14. The van der Waals surface area contributed by atoms with Gasteiger partial charge in [0.1, 0.15) is 0 Å². The SMILES string of the molecule is O=C1C2(CCCC2)c2cc3ccc4cc5ccccc5cc4c3nc2C12CCCC2. The van der Waals surface area contributed by atoms with Crippen molar-refractivity contribution in [2.75, 3.05) is 0 Å². The largest absolute Gasteiger partial charge is 0.298 e. The molecular formula is C28H25NO. The summed E-state index contributed by atoms with van der Waals surface area (Å²) >= 11 is 0. The van der Waals surface area contributed by atoms with Crippen LogP contribution >= 0.6 is 0 Å². The van der Waals surface area contributed by atoms with Crippen LogP contribution in [0.25, 0.3) is 32.4 Å². The van der Waals surface area contributed by atoms with Gasteiger partial charge in [0, 0.05) is 10.8 Å². The topological polar surface area (TPSA) is 30.0 Å². The summed E-state index contributed by atoms with van der Waals surface area (Å²) < 4.78 is 0. The van der Waals surface area contributed by atoms with Crippen molar-refractivity contribution < 1.29 is 4.79 Å². The molecule has 2 saturated carbocycles. The molecule has 0 radical (unpaired) electrons. The summed E-state index contributed by atoms with van der Waals surface area (Å²) in [6, 6.07) is 19.9. The minimum atomic E-state index is -0.313. The van der Waals surface area contributed by atoms with Gasteiger partial charge in [0.15, 0.2) is 5.78 Å². The highest BCUT2D eigenvalue weighted by atomic mass is 16.1. The molecule has 0 bridgehead atoms. The molecule has 3 aliphatic carbocycles. The van der Waals surface area contributed by atoms with Crippen LogP contribution in [0.4, 0.5) is 0 Å². The standard InChI is InChI=1S/C28H25NO/c30-26-27(11-3-4-12-27)23-17-21-10-9-20-15-18-7-1-2-8-19(18)16-22(20)24(21)29-25(23)28(26)13-5-6-14-28/h1-2,7-10,15-17H,3-6,11-14H2. The van der Waals surface area contributed by atoms with Gasteiger partial charge in [-0.2, -0.15) is 0 Å². The van der Waals surface area contributed by atoms with E-state index in [2.05, 4.69) is 54.6 Å². The van der Waals surface area contributed by atoms with Gasteiger partial charge < -0.3 is 0 Å². The molecule has 0 saturated heterocycles. The van der Waals surface area contributed by atoms with E-state index in [1.165, 1.54) is 45.3 Å². The first-order valence-electron chi connectivity index (χ1n) is 11.5. The monoisotopic (exact) mass is 391 g/mol. The minimum Gasteiger partial charge on any atom is -0.298 e. The first-order valence-corrected chi connectivity index (χ1v) is 11.5. The van der Waals surface area contributed by atoms with Gasteiger partial charge in [-0.05, 0) is 65.6 Å². The summed E-state index contributed by atoms with van der Waals surface area (Å²) in [5.74, 6) is 0.512. The predicted octanol–water partition coefficient (Wildman–Crippen LogP) is 6.75. The van der Waals surface area contributed by atoms with Crippen LogP contribution in [0, 0.1) is 0 Å². The number of rotatable bonds is 0. The lowest BCUT2D eigenvalue weighted by molar-refractivity contribution is -0.128. The molecule has 2 heteroatoms. The molecule has 30 heavy (non-hydrogen) atoms. The van der Waals surface area contributed by atoms with Gasteiger partial charge in [0.2, 0.25) is 0 Å². The molecular weight excluding hydrogens is 366 g/mol. The second kappa shape index (κ2) is 5.69. The van der Waals surface area contributed by atoms with E-state index in [0.717, 1.165) is 49.7 Å². The lowest BCUT2D eigenvalue weighted by Gasteiger charge is -2.26. The Hall–Kier alpha value is -2.74. The van der Waals surface area contributed by atoms with Crippen molar-refractivity contribution in [3.05, 3.63) is 65.9 Å². The highest BCUT2D eigenvalue weighted by molar-refractivity contribution is 6.12. The molecule has 1 aromatic heterocycles. The summed E-state index contributed by atoms with van der Waals surface area (Å²) in [6.45, 7) is 0. The van der Waals surface area contributed by atoms with Crippen LogP contribution in [0.2, 0.25) is 0 Å². The number of nitrogens with zero attached hydrogens (tertiary/aromatic N) is 1. The third kappa shape index (κ3) is 1.95. The van der Waals surface area contributed by atoms with Crippen molar-refractivity contribution in [3.8, 4) is 0 Å². The van der Waals surface area contributed by atoms with E-state index in [9.17, 15) is 4.79 Å².